The Kier molecular flexibility index (Phi) is 3.43. The second kappa shape index (κ2) is 4.63. The van der Waals surface area contributed by atoms with Gasteiger partial charge in [0.15, 0.2) is 0 Å². The van der Waals surface area contributed by atoms with Crippen LogP contribution >= 0.6 is 33.9 Å². The molecule has 1 unspecified atom stereocenters. The molecule has 2 aromatic rings. The SMILES string of the molecule is Cc1cccc(C(N)c2ccsc2)c1I. The maximum absolute atomic E-state index is 6.23. The fraction of sp³-hybridized carbons (Fsp3) is 0.167. The minimum absolute atomic E-state index is 0.00282. The zero-order chi connectivity index (χ0) is 10.8. The van der Waals surface area contributed by atoms with Crippen molar-refractivity contribution in [1.29, 1.82) is 0 Å². The summed E-state index contributed by atoms with van der Waals surface area (Å²) in [6.07, 6.45) is 0. The molecule has 2 rings (SSSR count). The number of rotatable bonds is 2. The largest absolute Gasteiger partial charge is 0.320 e. The summed E-state index contributed by atoms with van der Waals surface area (Å²) in [6, 6.07) is 8.39. The Morgan fingerprint density at radius 1 is 1.33 bits per heavy atom. The normalized spacial score (nSPS) is 12.7. The number of hydrogen-bond acceptors (Lipinski definition) is 2. The van der Waals surface area contributed by atoms with Gasteiger partial charge >= 0.3 is 0 Å². The molecule has 0 aliphatic carbocycles. The van der Waals surface area contributed by atoms with Crippen LogP contribution in [0.4, 0.5) is 0 Å². The molecule has 1 aromatic carbocycles. The Hall–Kier alpha value is -0.390. The summed E-state index contributed by atoms with van der Waals surface area (Å²) in [7, 11) is 0. The Morgan fingerprint density at radius 2 is 2.13 bits per heavy atom. The number of halogens is 1. The van der Waals surface area contributed by atoms with E-state index in [9.17, 15) is 0 Å². The molecule has 1 atom stereocenters. The van der Waals surface area contributed by atoms with Gasteiger partial charge in [0.25, 0.3) is 0 Å². The number of nitrogens with two attached hydrogens (primary N) is 1. The first kappa shape index (κ1) is 11.1. The van der Waals surface area contributed by atoms with Crippen molar-refractivity contribution in [3.8, 4) is 0 Å². The minimum atomic E-state index is 0.00282. The number of hydrogen-bond donors (Lipinski definition) is 1. The molecule has 0 spiro atoms. The van der Waals surface area contributed by atoms with E-state index in [4.69, 9.17) is 5.73 Å². The smallest absolute Gasteiger partial charge is 0.0570 e. The summed E-state index contributed by atoms with van der Waals surface area (Å²) in [5.74, 6) is 0. The lowest BCUT2D eigenvalue weighted by atomic mass is 10.0. The van der Waals surface area contributed by atoms with E-state index in [0.29, 0.717) is 0 Å². The van der Waals surface area contributed by atoms with Crippen LogP contribution in [-0.2, 0) is 0 Å². The quantitative estimate of drug-likeness (QED) is 0.835. The predicted molar refractivity (Wildman–Crippen MR) is 74.2 cm³/mol. The number of benzene rings is 1. The Morgan fingerprint density at radius 3 is 2.80 bits per heavy atom. The summed E-state index contributed by atoms with van der Waals surface area (Å²) in [6.45, 7) is 2.12. The molecule has 0 fully saturated rings. The van der Waals surface area contributed by atoms with E-state index in [1.54, 1.807) is 11.3 Å². The first-order valence-electron chi connectivity index (χ1n) is 4.73. The monoisotopic (exact) mass is 329 g/mol. The van der Waals surface area contributed by atoms with E-state index < -0.39 is 0 Å². The molecule has 1 heterocycles. The van der Waals surface area contributed by atoms with Gasteiger partial charge in [-0.2, -0.15) is 11.3 Å². The average Bonchev–Trinajstić information content (AvgIpc) is 2.74. The average molecular weight is 329 g/mol. The Bertz CT molecular complexity index is 451. The van der Waals surface area contributed by atoms with Crippen LogP contribution in [0, 0.1) is 10.5 Å². The first-order chi connectivity index (χ1) is 7.20. The minimum Gasteiger partial charge on any atom is -0.320 e. The van der Waals surface area contributed by atoms with Gasteiger partial charge in [-0.1, -0.05) is 18.2 Å². The lowest BCUT2D eigenvalue weighted by Gasteiger charge is -2.14. The third kappa shape index (κ3) is 2.24. The molecule has 78 valence electrons. The topological polar surface area (TPSA) is 26.0 Å². The molecule has 0 saturated carbocycles. The highest BCUT2D eigenvalue weighted by Crippen LogP contribution is 2.27. The van der Waals surface area contributed by atoms with Gasteiger partial charge in [0.1, 0.15) is 0 Å². The second-order valence-electron chi connectivity index (χ2n) is 3.51. The van der Waals surface area contributed by atoms with Crippen LogP contribution < -0.4 is 5.73 Å². The van der Waals surface area contributed by atoms with Gasteiger partial charge in [-0.3, -0.25) is 0 Å². The van der Waals surface area contributed by atoms with Gasteiger partial charge in [0.05, 0.1) is 6.04 Å². The van der Waals surface area contributed by atoms with Crippen molar-refractivity contribution in [2.24, 2.45) is 5.73 Å². The first-order valence-corrected chi connectivity index (χ1v) is 6.75. The van der Waals surface area contributed by atoms with E-state index in [-0.39, 0.29) is 6.04 Å². The predicted octanol–water partition coefficient (Wildman–Crippen LogP) is 3.71. The van der Waals surface area contributed by atoms with Gasteiger partial charge in [-0.25, -0.2) is 0 Å². The number of aryl methyl sites for hydroxylation is 1. The second-order valence-corrected chi connectivity index (χ2v) is 5.37. The molecular weight excluding hydrogens is 317 g/mol. The molecule has 0 aliphatic rings. The maximum Gasteiger partial charge on any atom is 0.0570 e. The number of thiophene rings is 1. The summed E-state index contributed by atoms with van der Waals surface area (Å²) in [4.78, 5) is 0. The van der Waals surface area contributed by atoms with Crippen molar-refractivity contribution >= 4 is 33.9 Å². The van der Waals surface area contributed by atoms with Crippen LogP contribution in [-0.4, -0.2) is 0 Å². The van der Waals surface area contributed by atoms with Crippen LogP contribution in [0.25, 0.3) is 0 Å². The van der Waals surface area contributed by atoms with Crippen LogP contribution in [0.3, 0.4) is 0 Å². The molecule has 3 heteroatoms. The van der Waals surface area contributed by atoms with E-state index in [2.05, 4.69) is 64.5 Å². The zero-order valence-corrected chi connectivity index (χ0v) is 11.4. The molecule has 1 aromatic heterocycles. The summed E-state index contributed by atoms with van der Waals surface area (Å²) in [5, 5.41) is 4.18. The summed E-state index contributed by atoms with van der Waals surface area (Å²) >= 11 is 4.06. The molecule has 0 amide bonds. The lowest BCUT2D eigenvalue weighted by molar-refractivity contribution is 0.868. The van der Waals surface area contributed by atoms with Crippen molar-refractivity contribution in [2.45, 2.75) is 13.0 Å². The van der Waals surface area contributed by atoms with Gasteiger partial charge in [-0.05, 0) is 63.0 Å². The maximum atomic E-state index is 6.23. The van der Waals surface area contributed by atoms with E-state index in [1.807, 2.05) is 0 Å². The van der Waals surface area contributed by atoms with E-state index >= 15 is 0 Å². The van der Waals surface area contributed by atoms with E-state index in [0.717, 1.165) is 0 Å². The third-order valence-corrected chi connectivity index (χ3v) is 4.63. The fourth-order valence-electron chi connectivity index (χ4n) is 1.54. The Labute approximate surface area is 107 Å². The van der Waals surface area contributed by atoms with Gasteiger partial charge in [0.2, 0.25) is 0 Å². The van der Waals surface area contributed by atoms with Gasteiger partial charge < -0.3 is 5.73 Å². The molecule has 15 heavy (non-hydrogen) atoms. The van der Waals surface area contributed by atoms with Crippen molar-refractivity contribution in [3.05, 3.63) is 55.3 Å². The Balaban J connectivity index is 2.42. The zero-order valence-electron chi connectivity index (χ0n) is 8.41. The summed E-state index contributed by atoms with van der Waals surface area (Å²) < 4.78 is 1.27. The standard InChI is InChI=1S/C12H12INS/c1-8-3-2-4-10(11(8)13)12(14)9-5-6-15-7-9/h2-7,12H,14H2,1H3. The van der Waals surface area contributed by atoms with Crippen molar-refractivity contribution in [3.63, 3.8) is 0 Å². The molecule has 2 N–H and O–H groups in total. The van der Waals surface area contributed by atoms with Crippen molar-refractivity contribution in [1.82, 2.24) is 0 Å². The molecule has 0 bridgehead atoms. The van der Waals surface area contributed by atoms with E-state index in [1.165, 1.54) is 20.3 Å². The van der Waals surface area contributed by atoms with Crippen LogP contribution in [0.1, 0.15) is 22.7 Å². The third-order valence-electron chi connectivity index (χ3n) is 2.46. The van der Waals surface area contributed by atoms with Crippen LogP contribution in [0.15, 0.2) is 35.0 Å². The molecular formula is C12H12INS. The van der Waals surface area contributed by atoms with Gasteiger partial charge in [-0.15, -0.1) is 0 Å². The molecule has 0 aliphatic heterocycles. The van der Waals surface area contributed by atoms with Crippen molar-refractivity contribution in [2.75, 3.05) is 0 Å². The van der Waals surface area contributed by atoms with Crippen molar-refractivity contribution < 1.29 is 0 Å². The van der Waals surface area contributed by atoms with Gasteiger partial charge in [0, 0.05) is 3.57 Å². The highest BCUT2D eigenvalue weighted by molar-refractivity contribution is 14.1. The molecule has 0 saturated heterocycles. The highest BCUT2D eigenvalue weighted by atomic mass is 127. The fourth-order valence-corrected chi connectivity index (χ4v) is 2.93. The highest BCUT2D eigenvalue weighted by Gasteiger charge is 2.13. The molecule has 0 radical (unpaired) electrons. The summed E-state index contributed by atoms with van der Waals surface area (Å²) in [5.41, 5.74) is 9.94. The van der Waals surface area contributed by atoms with Crippen LogP contribution in [0.2, 0.25) is 0 Å². The lowest BCUT2D eigenvalue weighted by Crippen LogP contribution is -2.12. The van der Waals surface area contributed by atoms with Crippen LogP contribution in [0.5, 0.6) is 0 Å². The molecule has 1 nitrogen and oxygen atoms in total.